The zero-order chi connectivity index (χ0) is 12.1. The highest BCUT2D eigenvalue weighted by Gasteiger charge is 2.16. The standard InChI is InChI=1S/C11H18N4OS/c1-2-13-9-6-10(15-11(12)14-9)17-7-8-4-3-5-16-8/h6,8H,2-5,7H2,1H3,(H3,12,13,14,15). The average Bonchev–Trinajstić information content (AvgIpc) is 2.79. The lowest BCUT2D eigenvalue weighted by molar-refractivity contribution is 0.129. The SMILES string of the molecule is CCNc1cc(SCC2CCCO2)nc(N)n1. The lowest BCUT2D eigenvalue weighted by Gasteiger charge is -2.09. The zero-order valence-corrected chi connectivity index (χ0v) is 10.8. The summed E-state index contributed by atoms with van der Waals surface area (Å²) in [6.07, 6.45) is 2.67. The minimum absolute atomic E-state index is 0.318. The van der Waals surface area contributed by atoms with Gasteiger partial charge in [-0.3, -0.25) is 0 Å². The molecular weight excluding hydrogens is 236 g/mol. The summed E-state index contributed by atoms with van der Waals surface area (Å²) in [7, 11) is 0. The van der Waals surface area contributed by atoms with Gasteiger partial charge in [0.1, 0.15) is 10.8 Å². The lowest BCUT2D eigenvalue weighted by Crippen LogP contribution is -2.09. The molecule has 5 nitrogen and oxygen atoms in total. The fourth-order valence-corrected chi connectivity index (χ4v) is 2.72. The monoisotopic (exact) mass is 254 g/mol. The van der Waals surface area contributed by atoms with E-state index in [1.54, 1.807) is 11.8 Å². The Morgan fingerprint density at radius 1 is 1.59 bits per heavy atom. The van der Waals surface area contributed by atoms with Crippen LogP contribution in [0, 0.1) is 0 Å². The van der Waals surface area contributed by atoms with Crippen molar-refractivity contribution in [2.45, 2.75) is 30.9 Å². The molecule has 2 heterocycles. The van der Waals surface area contributed by atoms with E-state index < -0.39 is 0 Å². The van der Waals surface area contributed by atoms with Gasteiger partial charge >= 0.3 is 0 Å². The summed E-state index contributed by atoms with van der Waals surface area (Å²) in [5.41, 5.74) is 5.67. The Morgan fingerprint density at radius 3 is 3.18 bits per heavy atom. The van der Waals surface area contributed by atoms with E-state index in [1.807, 2.05) is 13.0 Å². The van der Waals surface area contributed by atoms with Gasteiger partial charge in [-0.25, -0.2) is 4.98 Å². The molecule has 1 aromatic rings. The van der Waals surface area contributed by atoms with Gasteiger partial charge in [-0.05, 0) is 19.8 Å². The molecule has 0 spiro atoms. The first kappa shape index (κ1) is 12.4. The molecule has 1 fully saturated rings. The topological polar surface area (TPSA) is 73.1 Å². The van der Waals surface area contributed by atoms with Crippen molar-refractivity contribution in [1.82, 2.24) is 9.97 Å². The van der Waals surface area contributed by atoms with Crippen LogP contribution in [0.25, 0.3) is 0 Å². The molecule has 2 rings (SSSR count). The molecule has 0 amide bonds. The Morgan fingerprint density at radius 2 is 2.47 bits per heavy atom. The van der Waals surface area contributed by atoms with Crippen molar-refractivity contribution in [3.8, 4) is 0 Å². The van der Waals surface area contributed by atoms with E-state index in [4.69, 9.17) is 10.5 Å². The molecule has 1 saturated heterocycles. The second-order valence-corrected chi connectivity index (χ2v) is 4.97. The Balaban J connectivity index is 1.94. The highest BCUT2D eigenvalue weighted by molar-refractivity contribution is 7.99. The molecule has 0 aromatic carbocycles. The van der Waals surface area contributed by atoms with Gasteiger partial charge in [-0.2, -0.15) is 4.98 Å². The quantitative estimate of drug-likeness (QED) is 0.616. The van der Waals surface area contributed by atoms with Gasteiger partial charge in [-0.15, -0.1) is 11.8 Å². The van der Waals surface area contributed by atoms with E-state index in [0.29, 0.717) is 12.1 Å². The number of ether oxygens (including phenoxy) is 1. The number of thioether (sulfide) groups is 1. The number of nitrogens with zero attached hydrogens (tertiary/aromatic N) is 2. The maximum Gasteiger partial charge on any atom is 0.223 e. The number of rotatable bonds is 5. The van der Waals surface area contributed by atoms with Crippen molar-refractivity contribution < 1.29 is 4.74 Å². The molecule has 0 aliphatic carbocycles. The molecule has 1 aliphatic heterocycles. The summed E-state index contributed by atoms with van der Waals surface area (Å²) in [6.45, 7) is 3.74. The summed E-state index contributed by atoms with van der Waals surface area (Å²) < 4.78 is 5.57. The maximum absolute atomic E-state index is 5.67. The van der Waals surface area contributed by atoms with Gasteiger partial charge in [0.05, 0.1) is 6.10 Å². The van der Waals surface area contributed by atoms with Crippen LogP contribution in [0.15, 0.2) is 11.1 Å². The largest absolute Gasteiger partial charge is 0.377 e. The van der Waals surface area contributed by atoms with Crippen LogP contribution in [0.3, 0.4) is 0 Å². The molecular formula is C11H18N4OS. The highest BCUT2D eigenvalue weighted by atomic mass is 32.2. The third-order valence-corrected chi connectivity index (χ3v) is 3.56. The van der Waals surface area contributed by atoms with Gasteiger partial charge in [0.15, 0.2) is 0 Å². The average molecular weight is 254 g/mol. The van der Waals surface area contributed by atoms with Crippen molar-refractivity contribution in [3.63, 3.8) is 0 Å². The van der Waals surface area contributed by atoms with Crippen LogP contribution in [0.2, 0.25) is 0 Å². The Hall–Kier alpha value is -1.01. The molecule has 1 aliphatic rings. The number of hydrogen-bond acceptors (Lipinski definition) is 6. The Kier molecular flexibility index (Phi) is 4.44. The Bertz CT molecular complexity index is 368. The van der Waals surface area contributed by atoms with Gasteiger partial charge in [0, 0.05) is 25.0 Å². The number of nitrogen functional groups attached to an aromatic ring is 1. The van der Waals surface area contributed by atoms with Crippen LogP contribution in [0.1, 0.15) is 19.8 Å². The van der Waals surface area contributed by atoms with Gasteiger partial charge in [0.25, 0.3) is 0 Å². The molecule has 3 N–H and O–H groups in total. The molecule has 0 radical (unpaired) electrons. The van der Waals surface area contributed by atoms with Crippen LogP contribution in [0.5, 0.6) is 0 Å². The molecule has 1 aromatic heterocycles. The summed E-state index contributed by atoms with van der Waals surface area (Å²) >= 11 is 1.68. The minimum Gasteiger partial charge on any atom is -0.377 e. The van der Waals surface area contributed by atoms with Crippen LogP contribution in [0.4, 0.5) is 11.8 Å². The van der Waals surface area contributed by atoms with E-state index in [1.165, 1.54) is 6.42 Å². The predicted octanol–water partition coefficient (Wildman–Crippen LogP) is 1.76. The summed E-state index contributed by atoms with van der Waals surface area (Å²) in [4.78, 5) is 8.33. The molecule has 94 valence electrons. The number of hydrogen-bond donors (Lipinski definition) is 2. The lowest BCUT2D eigenvalue weighted by atomic mass is 10.3. The van der Waals surface area contributed by atoms with Gasteiger partial charge in [-0.1, -0.05) is 0 Å². The van der Waals surface area contributed by atoms with Gasteiger partial charge in [0.2, 0.25) is 5.95 Å². The van der Waals surface area contributed by atoms with E-state index >= 15 is 0 Å². The molecule has 6 heteroatoms. The first-order chi connectivity index (χ1) is 8.28. The number of nitrogens with one attached hydrogen (secondary N) is 1. The second kappa shape index (κ2) is 6.07. The molecule has 1 unspecified atom stereocenters. The summed E-state index contributed by atoms with van der Waals surface area (Å²) in [6, 6.07) is 1.93. The second-order valence-electron chi connectivity index (χ2n) is 3.93. The fraction of sp³-hybridized carbons (Fsp3) is 0.636. The number of anilines is 2. The molecule has 1 atom stereocenters. The third kappa shape index (κ3) is 3.74. The van der Waals surface area contributed by atoms with Crippen LogP contribution in [-0.4, -0.2) is 35.0 Å². The van der Waals surface area contributed by atoms with E-state index in [0.717, 1.165) is 36.2 Å². The normalized spacial score (nSPS) is 19.5. The summed E-state index contributed by atoms with van der Waals surface area (Å²) in [5.74, 6) is 2.04. The van der Waals surface area contributed by atoms with Crippen molar-refractivity contribution in [2.24, 2.45) is 0 Å². The first-order valence-electron chi connectivity index (χ1n) is 5.90. The summed E-state index contributed by atoms with van der Waals surface area (Å²) in [5, 5.41) is 4.05. The third-order valence-electron chi connectivity index (χ3n) is 2.52. The fourth-order valence-electron chi connectivity index (χ4n) is 1.74. The van der Waals surface area contributed by atoms with Crippen molar-refractivity contribution >= 4 is 23.5 Å². The van der Waals surface area contributed by atoms with Crippen LogP contribution >= 0.6 is 11.8 Å². The molecule has 17 heavy (non-hydrogen) atoms. The minimum atomic E-state index is 0.318. The zero-order valence-electron chi connectivity index (χ0n) is 9.98. The smallest absolute Gasteiger partial charge is 0.223 e. The maximum atomic E-state index is 5.67. The van der Waals surface area contributed by atoms with Crippen molar-refractivity contribution in [3.05, 3.63) is 6.07 Å². The molecule has 0 bridgehead atoms. The van der Waals surface area contributed by atoms with E-state index in [2.05, 4.69) is 15.3 Å². The van der Waals surface area contributed by atoms with Gasteiger partial charge < -0.3 is 15.8 Å². The van der Waals surface area contributed by atoms with Crippen LogP contribution < -0.4 is 11.1 Å². The van der Waals surface area contributed by atoms with Crippen LogP contribution in [-0.2, 0) is 4.74 Å². The number of aromatic nitrogens is 2. The highest BCUT2D eigenvalue weighted by Crippen LogP contribution is 2.24. The van der Waals surface area contributed by atoms with E-state index in [-0.39, 0.29) is 0 Å². The first-order valence-corrected chi connectivity index (χ1v) is 6.89. The number of nitrogens with two attached hydrogens (primary N) is 1. The predicted molar refractivity (Wildman–Crippen MR) is 70.3 cm³/mol. The van der Waals surface area contributed by atoms with E-state index in [9.17, 15) is 0 Å². The van der Waals surface area contributed by atoms with Crippen molar-refractivity contribution in [2.75, 3.05) is 30.0 Å². The Labute approximate surface area is 106 Å². The van der Waals surface area contributed by atoms with Crippen molar-refractivity contribution in [1.29, 1.82) is 0 Å². The molecule has 0 saturated carbocycles.